The first-order valence-corrected chi connectivity index (χ1v) is 6.84. The van der Waals surface area contributed by atoms with Gasteiger partial charge < -0.3 is 10.2 Å². The van der Waals surface area contributed by atoms with Crippen LogP contribution in [-0.2, 0) is 4.79 Å². The maximum absolute atomic E-state index is 11.8. The Morgan fingerprint density at radius 2 is 2.00 bits per heavy atom. The lowest BCUT2D eigenvalue weighted by molar-refractivity contribution is -0.115. The number of hydrogen-bond acceptors (Lipinski definition) is 3. The van der Waals surface area contributed by atoms with Crippen molar-refractivity contribution < 1.29 is 4.79 Å². The fourth-order valence-electron chi connectivity index (χ4n) is 2.23. The monoisotopic (exact) mass is 327 g/mol. The second kappa shape index (κ2) is 4.99. The van der Waals surface area contributed by atoms with Gasteiger partial charge in [-0.25, -0.2) is 0 Å². The number of nitrogens with zero attached hydrogens (tertiary/aromatic N) is 2. The lowest BCUT2D eigenvalue weighted by Gasteiger charge is -2.31. The van der Waals surface area contributed by atoms with Crippen LogP contribution in [-0.4, -0.2) is 12.5 Å². The number of rotatable bonds is 1. The molecule has 0 saturated heterocycles. The number of benzene rings is 2. The quantitative estimate of drug-likeness (QED) is 0.873. The topological polar surface area (TPSA) is 56.1 Å². The average Bonchev–Trinajstić information content (AvgIpc) is 2.46. The first-order chi connectivity index (χ1) is 9.69. The van der Waals surface area contributed by atoms with Gasteiger partial charge in [0.25, 0.3) is 0 Å². The number of anilines is 3. The van der Waals surface area contributed by atoms with Crippen molar-refractivity contribution in [3.8, 4) is 6.07 Å². The molecule has 2 aromatic carbocycles. The number of carbonyl (C=O) groups is 1. The van der Waals surface area contributed by atoms with E-state index in [1.54, 1.807) is 18.2 Å². The van der Waals surface area contributed by atoms with E-state index in [-0.39, 0.29) is 12.5 Å². The Morgan fingerprint density at radius 1 is 1.20 bits per heavy atom. The number of carbonyl (C=O) groups excluding carboxylic acids is 1. The van der Waals surface area contributed by atoms with Gasteiger partial charge in [-0.15, -0.1) is 0 Å². The molecule has 0 fully saturated rings. The summed E-state index contributed by atoms with van der Waals surface area (Å²) in [6.45, 7) is 0.227. The number of amides is 1. The van der Waals surface area contributed by atoms with Gasteiger partial charge in [0.1, 0.15) is 6.54 Å². The summed E-state index contributed by atoms with van der Waals surface area (Å²) in [6.07, 6.45) is 0. The molecule has 2 aromatic rings. The number of para-hydroxylation sites is 1. The van der Waals surface area contributed by atoms with Crippen molar-refractivity contribution in [2.24, 2.45) is 0 Å². The van der Waals surface area contributed by atoms with Crippen LogP contribution in [0.3, 0.4) is 0 Å². The highest BCUT2D eigenvalue weighted by atomic mass is 79.9. The maximum Gasteiger partial charge on any atom is 0.244 e. The Hall–Kier alpha value is -2.32. The zero-order valence-electron chi connectivity index (χ0n) is 10.4. The standard InChI is InChI=1S/C15H10BrN3O/c16-11-3-1-2-4-13(11)19-9-15(20)18-12-6-5-10(8-17)7-14(12)19/h1-7H,9H2,(H,18,20). The van der Waals surface area contributed by atoms with Crippen molar-refractivity contribution >= 4 is 38.9 Å². The summed E-state index contributed by atoms with van der Waals surface area (Å²) >= 11 is 3.50. The van der Waals surface area contributed by atoms with Gasteiger partial charge in [0, 0.05) is 4.47 Å². The smallest absolute Gasteiger partial charge is 0.244 e. The summed E-state index contributed by atoms with van der Waals surface area (Å²) in [5, 5.41) is 11.9. The summed E-state index contributed by atoms with van der Waals surface area (Å²) in [5.74, 6) is -0.0713. The van der Waals surface area contributed by atoms with E-state index in [4.69, 9.17) is 5.26 Å². The molecule has 0 bridgehead atoms. The van der Waals surface area contributed by atoms with Crippen molar-refractivity contribution in [1.29, 1.82) is 5.26 Å². The number of hydrogen-bond donors (Lipinski definition) is 1. The minimum Gasteiger partial charge on any atom is -0.329 e. The molecule has 0 saturated carbocycles. The van der Waals surface area contributed by atoms with Crippen LogP contribution < -0.4 is 10.2 Å². The highest BCUT2D eigenvalue weighted by molar-refractivity contribution is 9.10. The van der Waals surface area contributed by atoms with Crippen LogP contribution in [0.4, 0.5) is 17.1 Å². The fraction of sp³-hybridized carbons (Fsp3) is 0.0667. The summed E-state index contributed by atoms with van der Waals surface area (Å²) in [7, 11) is 0. The average molecular weight is 328 g/mol. The van der Waals surface area contributed by atoms with Crippen molar-refractivity contribution in [2.45, 2.75) is 0 Å². The Balaban J connectivity index is 2.17. The normalized spacial score (nSPS) is 13.4. The summed E-state index contributed by atoms with van der Waals surface area (Å²) in [6, 6.07) is 15.1. The number of fused-ring (bicyclic) bond motifs is 1. The molecule has 1 aliphatic heterocycles. The SMILES string of the molecule is N#Cc1ccc2c(c1)N(c1ccccc1Br)CC(=O)N2. The first-order valence-electron chi connectivity index (χ1n) is 6.05. The lowest BCUT2D eigenvalue weighted by atomic mass is 10.1. The predicted molar refractivity (Wildman–Crippen MR) is 80.9 cm³/mol. The molecule has 4 nitrogen and oxygen atoms in total. The third kappa shape index (κ3) is 2.15. The van der Waals surface area contributed by atoms with E-state index in [1.165, 1.54) is 0 Å². The van der Waals surface area contributed by atoms with Crippen molar-refractivity contribution in [1.82, 2.24) is 0 Å². The van der Waals surface area contributed by atoms with E-state index in [1.807, 2.05) is 29.2 Å². The van der Waals surface area contributed by atoms with Crippen LogP contribution >= 0.6 is 15.9 Å². The molecule has 20 heavy (non-hydrogen) atoms. The number of nitrogens with one attached hydrogen (secondary N) is 1. The molecule has 0 unspecified atom stereocenters. The van der Waals surface area contributed by atoms with Crippen LogP contribution in [0, 0.1) is 11.3 Å². The largest absolute Gasteiger partial charge is 0.329 e. The molecule has 98 valence electrons. The van der Waals surface area contributed by atoms with Gasteiger partial charge in [-0.3, -0.25) is 4.79 Å². The van der Waals surface area contributed by atoms with Crippen LogP contribution in [0.2, 0.25) is 0 Å². The van der Waals surface area contributed by atoms with Crippen LogP contribution in [0.5, 0.6) is 0 Å². The molecular formula is C15H10BrN3O. The Morgan fingerprint density at radius 3 is 2.75 bits per heavy atom. The van der Waals surface area contributed by atoms with Crippen molar-refractivity contribution in [2.75, 3.05) is 16.8 Å². The van der Waals surface area contributed by atoms with Gasteiger partial charge in [-0.2, -0.15) is 5.26 Å². The van der Waals surface area contributed by atoms with Crippen LogP contribution in [0.15, 0.2) is 46.9 Å². The predicted octanol–water partition coefficient (Wildman–Crippen LogP) is 3.41. The molecule has 3 rings (SSSR count). The van der Waals surface area contributed by atoms with Crippen molar-refractivity contribution in [3.63, 3.8) is 0 Å². The lowest BCUT2D eigenvalue weighted by Crippen LogP contribution is -2.35. The van der Waals surface area contributed by atoms with Gasteiger partial charge in [0.15, 0.2) is 0 Å². The molecule has 1 amide bonds. The van der Waals surface area contributed by atoms with Crippen molar-refractivity contribution in [3.05, 3.63) is 52.5 Å². The molecule has 0 radical (unpaired) electrons. The molecule has 1 heterocycles. The first kappa shape index (κ1) is 12.7. The van der Waals surface area contributed by atoms with Crippen LogP contribution in [0.1, 0.15) is 5.56 Å². The van der Waals surface area contributed by atoms with Gasteiger partial charge in [0.2, 0.25) is 5.91 Å². The second-order valence-corrected chi connectivity index (χ2v) is 5.28. The zero-order chi connectivity index (χ0) is 14.1. The maximum atomic E-state index is 11.8. The molecule has 0 aliphatic carbocycles. The Bertz CT molecular complexity index is 736. The molecular weight excluding hydrogens is 318 g/mol. The summed E-state index contributed by atoms with van der Waals surface area (Å²) < 4.78 is 0.906. The van der Waals surface area contributed by atoms with E-state index >= 15 is 0 Å². The third-order valence-corrected chi connectivity index (χ3v) is 3.81. The summed E-state index contributed by atoms with van der Waals surface area (Å²) in [4.78, 5) is 13.7. The number of nitriles is 1. The van der Waals surface area contributed by atoms with E-state index in [0.29, 0.717) is 5.56 Å². The summed E-state index contributed by atoms with van der Waals surface area (Å²) in [5.41, 5.74) is 3.02. The Labute approximate surface area is 124 Å². The van der Waals surface area contributed by atoms with Gasteiger partial charge >= 0.3 is 0 Å². The van der Waals surface area contributed by atoms with Gasteiger partial charge in [-0.05, 0) is 46.3 Å². The van der Waals surface area contributed by atoms with E-state index in [2.05, 4.69) is 27.3 Å². The second-order valence-electron chi connectivity index (χ2n) is 4.43. The zero-order valence-corrected chi connectivity index (χ0v) is 12.0. The van der Waals surface area contributed by atoms with Crippen LogP contribution in [0.25, 0.3) is 0 Å². The molecule has 5 heteroatoms. The minimum absolute atomic E-state index is 0.0713. The van der Waals surface area contributed by atoms with Gasteiger partial charge in [-0.1, -0.05) is 12.1 Å². The third-order valence-electron chi connectivity index (χ3n) is 3.14. The van der Waals surface area contributed by atoms with Gasteiger partial charge in [0.05, 0.1) is 28.7 Å². The molecule has 0 aromatic heterocycles. The Kier molecular flexibility index (Phi) is 3.17. The van der Waals surface area contributed by atoms with E-state index in [9.17, 15) is 4.79 Å². The highest BCUT2D eigenvalue weighted by Crippen LogP contribution is 2.38. The molecule has 0 atom stereocenters. The minimum atomic E-state index is -0.0713. The van der Waals surface area contributed by atoms with E-state index in [0.717, 1.165) is 21.5 Å². The molecule has 0 spiro atoms. The molecule has 1 N–H and O–H groups in total. The number of halogens is 1. The molecule has 1 aliphatic rings. The highest BCUT2D eigenvalue weighted by Gasteiger charge is 2.24. The van der Waals surface area contributed by atoms with E-state index < -0.39 is 0 Å². The fourth-order valence-corrected chi connectivity index (χ4v) is 2.73.